The number of nitrogens with zero attached hydrogens (tertiary/aromatic N) is 5. The number of tetrazole rings is 1. The van der Waals surface area contributed by atoms with Gasteiger partial charge in [-0.1, -0.05) is 18.2 Å². The standard InChI is InChI=1S/C23H24N6O4/c24-22(31)15-4-6-16(7-5-15)23-25-27-29(26-23)14-21(30)28-10-1-3-18(28)17-8-9-19-20(13-17)33-12-2-11-32-19/h4-9,13,18H,1-3,10-12,14H2,(H2,24,31)/t18-/m0/s1. The maximum atomic E-state index is 13.1. The van der Waals surface area contributed by atoms with Crippen LogP contribution in [0, 0.1) is 0 Å². The lowest BCUT2D eigenvalue weighted by atomic mass is 10.0. The van der Waals surface area contributed by atoms with Crippen LogP contribution in [0.15, 0.2) is 42.5 Å². The van der Waals surface area contributed by atoms with Gasteiger partial charge < -0.3 is 20.1 Å². The van der Waals surface area contributed by atoms with Crippen LogP contribution in [0.4, 0.5) is 0 Å². The number of ether oxygens (including phenoxy) is 2. The molecule has 0 aliphatic carbocycles. The first-order chi connectivity index (χ1) is 16.1. The highest BCUT2D eigenvalue weighted by Gasteiger charge is 2.31. The fourth-order valence-corrected chi connectivity index (χ4v) is 4.22. The van der Waals surface area contributed by atoms with Gasteiger partial charge in [0.2, 0.25) is 17.6 Å². The molecule has 2 N–H and O–H groups in total. The Morgan fingerprint density at radius 2 is 1.82 bits per heavy atom. The van der Waals surface area contributed by atoms with Gasteiger partial charge in [-0.05, 0) is 47.9 Å². The summed E-state index contributed by atoms with van der Waals surface area (Å²) in [7, 11) is 0. The second-order valence-electron chi connectivity index (χ2n) is 8.09. The molecule has 1 atom stereocenters. The topological polar surface area (TPSA) is 125 Å². The lowest BCUT2D eigenvalue weighted by Crippen LogP contribution is -2.34. The van der Waals surface area contributed by atoms with E-state index in [1.807, 2.05) is 23.1 Å². The second kappa shape index (κ2) is 8.89. The Morgan fingerprint density at radius 3 is 2.61 bits per heavy atom. The van der Waals surface area contributed by atoms with Gasteiger partial charge in [0.1, 0.15) is 6.54 Å². The number of carbonyl (C=O) groups is 2. The van der Waals surface area contributed by atoms with Crippen LogP contribution < -0.4 is 15.2 Å². The van der Waals surface area contributed by atoms with E-state index < -0.39 is 5.91 Å². The third-order valence-corrected chi connectivity index (χ3v) is 5.89. The van der Waals surface area contributed by atoms with Crippen molar-refractivity contribution in [3.8, 4) is 22.9 Å². The van der Waals surface area contributed by atoms with Crippen LogP contribution in [-0.4, -0.2) is 56.7 Å². The molecule has 2 aliphatic rings. The van der Waals surface area contributed by atoms with E-state index in [4.69, 9.17) is 15.2 Å². The van der Waals surface area contributed by atoms with Crippen molar-refractivity contribution in [1.82, 2.24) is 25.1 Å². The summed E-state index contributed by atoms with van der Waals surface area (Å²) < 4.78 is 11.5. The molecule has 0 unspecified atom stereocenters. The predicted molar refractivity (Wildman–Crippen MR) is 118 cm³/mol. The van der Waals surface area contributed by atoms with Crippen molar-refractivity contribution in [3.05, 3.63) is 53.6 Å². The smallest absolute Gasteiger partial charge is 0.248 e. The van der Waals surface area contributed by atoms with Crippen LogP contribution in [0.3, 0.4) is 0 Å². The third-order valence-electron chi connectivity index (χ3n) is 5.89. The van der Waals surface area contributed by atoms with E-state index in [0.717, 1.165) is 36.3 Å². The second-order valence-corrected chi connectivity index (χ2v) is 8.09. The number of likely N-dealkylation sites (tertiary alicyclic amines) is 1. The summed E-state index contributed by atoms with van der Waals surface area (Å²) in [4.78, 5) is 27.5. The van der Waals surface area contributed by atoms with Crippen molar-refractivity contribution in [1.29, 1.82) is 0 Å². The van der Waals surface area contributed by atoms with Crippen molar-refractivity contribution in [2.75, 3.05) is 19.8 Å². The van der Waals surface area contributed by atoms with Crippen LogP contribution in [0.25, 0.3) is 11.4 Å². The minimum atomic E-state index is -0.502. The number of rotatable bonds is 5. The van der Waals surface area contributed by atoms with Gasteiger partial charge in [-0.15, -0.1) is 10.2 Å². The van der Waals surface area contributed by atoms with Gasteiger partial charge in [0, 0.05) is 24.1 Å². The van der Waals surface area contributed by atoms with E-state index in [1.165, 1.54) is 4.80 Å². The van der Waals surface area contributed by atoms with Gasteiger partial charge >= 0.3 is 0 Å². The van der Waals surface area contributed by atoms with Crippen LogP contribution in [0.5, 0.6) is 11.5 Å². The fraction of sp³-hybridized carbons (Fsp3) is 0.348. The average Bonchev–Trinajstić information content (AvgIpc) is 3.44. The molecule has 2 aliphatic heterocycles. The molecule has 170 valence electrons. The summed E-state index contributed by atoms with van der Waals surface area (Å²) in [6, 6.07) is 12.5. The molecule has 1 fully saturated rings. The molecule has 3 heterocycles. The number of benzene rings is 2. The first-order valence-corrected chi connectivity index (χ1v) is 11.0. The third kappa shape index (κ3) is 4.36. The van der Waals surface area contributed by atoms with Gasteiger partial charge in [0.25, 0.3) is 0 Å². The lowest BCUT2D eigenvalue weighted by molar-refractivity contribution is -0.133. The van der Waals surface area contributed by atoms with E-state index in [0.29, 0.717) is 36.7 Å². The summed E-state index contributed by atoms with van der Waals surface area (Å²) in [5, 5.41) is 12.4. The monoisotopic (exact) mass is 448 g/mol. The molecule has 0 saturated carbocycles. The zero-order valence-corrected chi connectivity index (χ0v) is 18.0. The largest absolute Gasteiger partial charge is 0.490 e. The number of amides is 2. The number of nitrogens with two attached hydrogens (primary N) is 1. The molecular formula is C23H24N6O4. The normalized spacial score (nSPS) is 17.6. The highest BCUT2D eigenvalue weighted by Crippen LogP contribution is 2.38. The van der Waals surface area contributed by atoms with E-state index in [1.54, 1.807) is 24.3 Å². The summed E-state index contributed by atoms with van der Waals surface area (Å²) in [6.45, 7) is 1.93. The quantitative estimate of drug-likeness (QED) is 0.632. The number of carbonyl (C=O) groups excluding carboxylic acids is 2. The molecule has 0 radical (unpaired) electrons. The van der Waals surface area contributed by atoms with Crippen LogP contribution in [0.2, 0.25) is 0 Å². The lowest BCUT2D eigenvalue weighted by Gasteiger charge is -2.25. The minimum Gasteiger partial charge on any atom is -0.490 e. The zero-order chi connectivity index (χ0) is 22.8. The van der Waals surface area contributed by atoms with Gasteiger partial charge in [-0.2, -0.15) is 4.80 Å². The fourth-order valence-electron chi connectivity index (χ4n) is 4.22. The maximum Gasteiger partial charge on any atom is 0.248 e. The number of aromatic nitrogens is 4. The Bertz CT molecular complexity index is 1180. The molecule has 2 amide bonds. The Balaban J connectivity index is 1.29. The van der Waals surface area contributed by atoms with E-state index in [-0.39, 0.29) is 18.5 Å². The Labute approximate surface area is 190 Å². The van der Waals surface area contributed by atoms with Crippen molar-refractivity contribution in [2.45, 2.75) is 31.8 Å². The molecular weight excluding hydrogens is 424 g/mol. The minimum absolute atomic E-state index is 0.00653. The number of hydrogen-bond acceptors (Lipinski definition) is 7. The highest BCUT2D eigenvalue weighted by molar-refractivity contribution is 5.93. The van der Waals surface area contributed by atoms with Crippen molar-refractivity contribution >= 4 is 11.8 Å². The number of fused-ring (bicyclic) bond motifs is 1. The van der Waals surface area contributed by atoms with Gasteiger partial charge in [0.15, 0.2) is 11.5 Å². The highest BCUT2D eigenvalue weighted by atomic mass is 16.5. The van der Waals surface area contributed by atoms with E-state index in [2.05, 4.69) is 15.4 Å². The molecule has 0 spiro atoms. The molecule has 0 bridgehead atoms. The molecule has 33 heavy (non-hydrogen) atoms. The van der Waals surface area contributed by atoms with Crippen LogP contribution in [-0.2, 0) is 11.3 Å². The number of primary amides is 1. The first-order valence-electron chi connectivity index (χ1n) is 11.0. The van der Waals surface area contributed by atoms with Gasteiger partial charge in [0.05, 0.1) is 19.3 Å². The van der Waals surface area contributed by atoms with Crippen molar-refractivity contribution in [2.24, 2.45) is 5.73 Å². The van der Waals surface area contributed by atoms with Gasteiger partial charge in [-0.3, -0.25) is 9.59 Å². The molecule has 1 saturated heterocycles. The molecule has 2 aromatic carbocycles. The SMILES string of the molecule is NC(=O)c1ccc(-c2nnn(CC(=O)N3CCC[C@H]3c3ccc4c(c3)OCCCO4)n2)cc1. The Hall–Kier alpha value is -3.95. The van der Waals surface area contributed by atoms with Crippen molar-refractivity contribution in [3.63, 3.8) is 0 Å². The Morgan fingerprint density at radius 1 is 1.03 bits per heavy atom. The summed E-state index contributed by atoms with van der Waals surface area (Å²) in [6.07, 6.45) is 2.65. The Kier molecular flexibility index (Phi) is 5.64. The maximum absolute atomic E-state index is 13.1. The molecule has 5 rings (SSSR count). The van der Waals surface area contributed by atoms with Crippen molar-refractivity contribution < 1.29 is 19.1 Å². The van der Waals surface area contributed by atoms with Gasteiger partial charge in [-0.25, -0.2) is 0 Å². The summed E-state index contributed by atoms with van der Waals surface area (Å²) in [5.41, 5.74) is 7.39. The molecule has 10 nitrogen and oxygen atoms in total. The van der Waals surface area contributed by atoms with Crippen LogP contribution >= 0.6 is 0 Å². The summed E-state index contributed by atoms with van der Waals surface area (Å²) in [5.74, 6) is 1.28. The zero-order valence-electron chi connectivity index (χ0n) is 18.0. The average molecular weight is 448 g/mol. The predicted octanol–water partition coefficient (Wildman–Crippen LogP) is 1.96. The molecule has 1 aromatic heterocycles. The molecule has 3 aromatic rings. The summed E-state index contributed by atoms with van der Waals surface area (Å²) >= 11 is 0. The van der Waals surface area contributed by atoms with Crippen LogP contribution in [0.1, 0.15) is 41.2 Å². The van der Waals surface area contributed by atoms with E-state index in [9.17, 15) is 9.59 Å². The first kappa shape index (κ1) is 20.9. The van der Waals surface area contributed by atoms with E-state index >= 15 is 0 Å². The molecule has 10 heteroatoms. The number of hydrogen-bond donors (Lipinski definition) is 1.